The number of piperidine rings is 3. The van der Waals surface area contributed by atoms with Gasteiger partial charge in [0.05, 0.1) is 5.69 Å². The summed E-state index contributed by atoms with van der Waals surface area (Å²) in [6, 6.07) is 5.25. The summed E-state index contributed by atoms with van der Waals surface area (Å²) in [4.78, 5) is 2.59. The van der Waals surface area contributed by atoms with E-state index in [9.17, 15) is 0 Å². The maximum absolute atomic E-state index is 4.42. The third-order valence-electron chi connectivity index (χ3n) is 5.29. The van der Waals surface area contributed by atoms with Gasteiger partial charge in [-0.05, 0) is 68.8 Å². The number of fused-ring (bicyclic) bond motifs is 3. The standard InChI is InChI=1S/C17H22N4S/c1-11-9-22-10-14(11)15-3-4-16(20-19-15)18-17-12(2)21-7-5-13(17)6-8-21/h3-4,9-10,12-13,17H,5-8H2,1-2H3,(H,18,20)/t12-,17-/m1/s1. The monoisotopic (exact) mass is 314 g/mol. The Labute approximate surface area is 135 Å². The van der Waals surface area contributed by atoms with E-state index in [4.69, 9.17) is 0 Å². The predicted molar refractivity (Wildman–Crippen MR) is 91.3 cm³/mol. The number of rotatable bonds is 3. The van der Waals surface area contributed by atoms with Gasteiger partial charge in [-0.15, -0.1) is 10.2 Å². The van der Waals surface area contributed by atoms with Gasteiger partial charge >= 0.3 is 0 Å². The molecule has 0 amide bonds. The number of anilines is 1. The molecule has 0 aliphatic carbocycles. The van der Waals surface area contributed by atoms with E-state index in [1.54, 1.807) is 11.3 Å². The Bertz CT molecular complexity index is 641. The van der Waals surface area contributed by atoms with Crippen molar-refractivity contribution in [3.8, 4) is 11.3 Å². The average molecular weight is 314 g/mol. The van der Waals surface area contributed by atoms with Crippen LogP contribution in [0.5, 0.6) is 0 Å². The summed E-state index contributed by atoms with van der Waals surface area (Å²) < 4.78 is 0. The van der Waals surface area contributed by atoms with Gasteiger partial charge in [0.2, 0.25) is 0 Å². The lowest BCUT2D eigenvalue weighted by atomic mass is 9.79. The molecule has 5 rings (SSSR count). The molecule has 22 heavy (non-hydrogen) atoms. The maximum atomic E-state index is 4.42. The summed E-state index contributed by atoms with van der Waals surface area (Å²) in [5.74, 6) is 1.68. The van der Waals surface area contributed by atoms with Crippen molar-refractivity contribution in [2.24, 2.45) is 5.92 Å². The Morgan fingerprint density at radius 3 is 2.59 bits per heavy atom. The zero-order valence-electron chi connectivity index (χ0n) is 13.1. The van der Waals surface area contributed by atoms with Gasteiger partial charge in [0.25, 0.3) is 0 Å². The Hall–Kier alpha value is -1.46. The number of thiophene rings is 1. The van der Waals surface area contributed by atoms with E-state index < -0.39 is 0 Å². The van der Waals surface area contributed by atoms with Crippen molar-refractivity contribution in [2.45, 2.75) is 38.8 Å². The molecule has 3 aliphatic rings. The first-order valence-electron chi connectivity index (χ1n) is 8.10. The largest absolute Gasteiger partial charge is 0.364 e. The van der Waals surface area contributed by atoms with E-state index in [0.29, 0.717) is 12.1 Å². The summed E-state index contributed by atoms with van der Waals surface area (Å²) in [6.07, 6.45) is 2.61. The van der Waals surface area contributed by atoms with Crippen LogP contribution in [-0.4, -0.2) is 40.3 Å². The van der Waals surface area contributed by atoms with Gasteiger partial charge in [0, 0.05) is 23.0 Å². The van der Waals surface area contributed by atoms with Crippen LogP contribution in [0, 0.1) is 12.8 Å². The topological polar surface area (TPSA) is 41.0 Å². The van der Waals surface area contributed by atoms with E-state index in [1.165, 1.54) is 37.1 Å². The smallest absolute Gasteiger partial charge is 0.148 e. The van der Waals surface area contributed by atoms with Crippen LogP contribution in [0.3, 0.4) is 0 Å². The quantitative estimate of drug-likeness (QED) is 0.942. The lowest BCUT2D eigenvalue weighted by molar-refractivity contribution is 0.0457. The molecule has 2 atom stereocenters. The fourth-order valence-electron chi connectivity index (χ4n) is 3.89. The first-order chi connectivity index (χ1) is 10.7. The Kier molecular flexibility index (Phi) is 3.62. The molecule has 0 spiro atoms. The summed E-state index contributed by atoms with van der Waals surface area (Å²) in [5, 5.41) is 16.8. The third kappa shape index (κ3) is 2.42. The highest BCUT2D eigenvalue weighted by Gasteiger charge is 2.39. The molecule has 2 aromatic heterocycles. The number of hydrogen-bond acceptors (Lipinski definition) is 5. The maximum Gasteiger partial charge on any atom is 0.148 e. The van der Waals surface area contributed by atoms with Crippen molar-refractivity contribution >= 4 is 17.2 Å². The van der Waals surface area contributed by atoms with E-state index >= 15 is 0 Å². The SMILES string of the molecule is Cc1cscc1-c1ccc(N[C@H]2C3CCN(CC3)[C@@H]2C)nn1. The van der Waals surface area contributed by atoms with Crippen LogP contribution in [0.15, 0.2) is 22.9 Å². The Balaban J connectivity index is 1.51. The van der Waals surface area contributed by atoms with E-state index in [0.717, 1.165) is 17.4 Å². The first-order valence-corrected chi connectivity index (χ1v) is 9.04. The number of nitrogens with one attached hydrogen (secondary N) is 1. The third-order valence-corrected chi connectivity index (χ3v) is 6.15. The van der Waals surface area contributed by atoms with E-state index in [-0.39, 0.29) is 0 Å². The summed E-state index contributed by atoms with van der Waals surface area (Å²) >= 11 is 1.71. The van der Waals surface area contributed by atoms with Gasteiger partial charge in [0.15, 0.2) is 0 Å². The van der Waals surface area contributed by atoms with Crippen molar-refractivity contribution in [1.29, 1.82) is 0 Å². The summed E-state index contributed by atoms with van der Waals surface area (Å²) in [6.45, 7) is 6.96. The molecule has 3 fully saturated rings. The molecule has 1 N–H and O–H groups in total. The van der Waals surface area contributed by atoms with Gasteiger partial charge in [-0.3, -0.25) is 4.90 Å². The Morgan fingerprint density at radius 2 is 2.00 bits per heavy atom. The van der Waals surface area contributed by atoms with Crippen LogP contribution < -0.4 is 5.32 Å². The van der Waals surface area contributed by atoms with E-state index in [2.05, 4.69) is 57.2 Å². The van der Waals surface area contributed by atoms with Crippen LogP contribution >= 0.6 is 11.3 Å². The molecule has 116 valence electrons. The molecule has 5 heterocycles. The average Bonchev–Trinajstić information content (AvgIpc) is 2.98. The van der Waals surface area contributed by atoms with Crippen LogP contribution in [0.25, 0.3) is 11.3 Å². The molecule has 3 aliphatic heterocycles. The van der Waals surface area contributed by atoms with Crippen LogP contribution in [0.2, 0.25) is 0 Å². The van der Waals surface area contributed by atoms with Crippen molar-refractivity contribution < 1.29 is 0 Å². The van der Waals surface area contributed by atoms with Crippen molar-refractivity contribution in [1.82, 2.24) is 15.1 Å². The van der Waals surface area contributed by atoms with Gasteiger partial charge in [-0.25, -0.2) is 0 Å². The van der Waals surface area contributed by atoms with Gasteiger partial charge in [-0.1, -0.05) is 0 Å². The molecular formula is C17H22N4S. The van der Waals surface area contributed by atoms with Crippen molar-refractivity contribution in [2.75, 3.05) is 18.4 Å². The predicted octanol–water partition coefficient (Wildman–Crippen LogP) is 3.41. The summed E-state index contributed by atoms with van der Waals surface area (Å²) in [5.41, 5.74) is 3.43. The molecule has 0 unspecified atom stereocenters. The number of aryl methyl sites for hydroxylation is 1. The minimum absolute atomic E-state index is 0.505. The number of hydrogen-bond donors (Lipinski definition) is 1. The molecule has 2 bridgehead atoms. The highest BCUT2D eigenvalue weighted by molar-refractivity contribution is 7.08. The number of aromatic nitrogens is 2. The molecular weight excluding hydrogens is 292 g/mol. The first kappa shape index (κ1) is 14.2. The minimum Gasteiger partial charge on any atom is -0.364 e. The second-order valence-electron chi connectivity index (χ2n) is 6.56. The Morgan fingerprint density at radius 1 is 1.18 bits per heavy atom. The normalized spacial score (nSPS) is 30.5. The van der Waals surface area contributed by atoms with Crippen LogP contribution in [0.1, 0.15) is 25.3 Å². The van der Waals surface area contributed by atoms with E-state index in [1.807, 2.05) is 0 Å². The lowest BCUT2D eigenvalue weighted by Crippen LogP contribution is -2.59. The van der Waals surface area contributed by atoms with Gasteiger partial charge in [0.1, 0.15) is 5.82 Å². The zero-order chi connectivity index (χ0) is 15.1. The molecule has 0 saturated carbocycles. The zero-order valence-corrected chi connectivity index (χ0v) is 13.9. The highest BCUT2D eigenvalue weighted by atomic mass is 32.1. The molecule has 0 radical (unpaired) electrons. The van der Waals surface area contributed by atoms with Gasteiger partial charge in [-0.2, -0.15) is 11.3 Å². The van der Waals surface area contributed by atoms with Crippen LogP contribution in [-0.2, 0) is 0 Å². The molecule has 0 aromatic carbocycles. The second kappa shape index (κ2) is 5.63. The molecule has 5 heteroatoms. The summed E-state index contributed by atoms with van der Waals surface area (Å²) in [7, 11) is 0. The van der Waals surface area contributed by atoms with Crippen molar-refractivity contribution in [3.05, 3.63) is 28.5 Å². The van der Waals surface area contributed by atoms with Crippen LogP contribution in [0.4, 0.5) is 5.82 Å². The lowest BCUT2D eigenvalue weighted by Gasteiger charge is -2.50. The van der Waals surface area contributed by atoms with Gasteiger partial charge < -0.3 is 5.32 Å². The highest BCUT2D eigenvalue weighted by Crippen LogP contribution is 2.34. The minimum atomic E-state index is 0.505. The van der Waals surface area contributed by atoms with Crippen molar-refractivity contribution in [3.63, 3.8) is 0 Å². The fourth-order valence-corrected chi connectivity index (χ4v) is 4.73. The molecule has 4 nitrogen and oxygen atoms in total. The molecule has 3 saturated heterocycles. The number of nitrogens with zero attached hydrogens (tertiary/aromatic N) is 3. The molecule has 2 aromatic rings. The second-order valence-corrected chi connectivity index (χ2v) is 7.30. The fraction of sp³-hybridized carbons (Fsp3) is 0.529.